The summed E-state index contributed by atoms with van der Waals surface area (Å²) in [7, 11) is 0. The highest BCUT2D eigenvalue weighted by Crippen LogP contribution is 1.73. The van der Waals surface area contributed by atoms with Gasteiger partial charge in [-0.2, -0.15) is 0 Å². The van der Waals surface area contributed by atoms with Gasteiger partial charge in [0.1, 0.15) is 12.2 Å². The lowest BCUT2D eigenvalue weighted by Gasteiger charge is -1.87. The van der Waals surface area contributed by atoms with Crippen LogP contribution in [0.5, 0.6) is 0 Å². The highest BCUT2D eigenvalue weighted by molar-refractivity contribution is 5.00. The molecular formula is C8H10O2. The quantitative estimate of drug-likeness (QED) is 0.419. The maximum absolute atomic E-state index is 8.62. The molecule has 0 saturated heterocycles. The maximum atomic E-state index is 8.62. The van der Waals surface area contributed by atoms with Crippen LogP contribution in [0.4, 0.5) is 0 Å². The topological polar surface area (TPSA) is 29.5 Å². The largest absolute Gasteiger partial charge is 0.433 e. The third kappa shape index (κ3) is 6.88. The first-order chi connectivity index (χ1) is 4.77. The molecule has 0 spiro atoms. The van der Waals surface area contributed by atoms with Crippen LogP contribution in [0.3, 0.4) is 0 Å². The van der Waals surface area contributed by atoms with Gasteiger partial charge in [-0.15, -0.1) is 5.92 Å². The summed E-state index contributed by atoms with van der Waals surface area (Å²) in [5.41, 5.74) is 0. The molecule has 0 saturated carbocycles. The van der Waals surface area contributed by atoms with E-state index in [0.717, 1.165) is 0 Å². The molecule has 1 unspecified atom stereocenters. The van der Waals surface area contributed by atoms with Gasteiger partial charge in [0.05, 0.1) is 0 Å². The summed E-state index contributed by atoms with van der Waals surface area (Å²) in [6.45, 7) is 3.60. The lowest BCUT2D eigenvalue weighted by molar-refractivity contribution is 0.249. The molecule has 10 heavy (non-hydrogen) atoms. The van der Waals surface area contributed by atoms with Crippen molar-refractivity contribution >= 4 is 0 Å². The molecule has 0 bridgehead atoms. The van der Waals surface area contributed by atoms with Crippen molar-refractivity contribution in [1.82, 2.24) is 0 Å². The predicted octanol–water partition coefficient (Wildman–Crippen LogP) is 0.368. The van der Waals surface area contributed by atoms with Crippen LogP contribution in [0.1, 0.15) is 13.8 Å². The number of rotatable bonds is 1. The molecule has 0 aromatic carbocycles. The molecule has 0 fully saturated rings. The minimum absolute atomic E-state index is 0.302. The van der Waals surface area contributed by atoms with Crippen molar-refractivity contribution in [2.45, 2.75) is 20.0 Å². The minimum Gasteiger partial charge on any atom is -0.433 e. The third-order valence-corrected chi connectivity index (χ3v) is 0.661. The Balaban J connectivity index is 3.35. The molecule has 0 heterocycles. The molecule has 0 radical (unpaired) electrons. The molecule has 0 amide bonds. The molecule has 0 aromatic rings. The van der Waals surface area contributed by atoms with Gasteiger partial charge in [0.15, 0.2) is 6.61 Å². The molecule has 0 aliphatic carbocycles. The van der Waals surface area contributed by atoms with Gasteiger partial charge in [-0.1, -0.05) is 5.92 Å². The molecule has 0 aromatic heterocycles. The van der Waals surface area contributed by atoms with Crippen LogP contribution in [0, 0.1) is 23.9 Å². The highest BCUT2D eigenvalue weighted by atomic mass is 16.5. The van der Waals surface area contributed by atoms with Gasteiger partial charge in [0.25, 0.3) is 0 Å². The maximum Gasteiger partial charge on any atom is 0.160 e. The van der Waals surface area contributed by atoms with Crippen molar-refractivity contribution in [2.75, 3.05) is 6.61 Å². The first kappa shape index (κ1) is 8.88. The Morgan fingerprint density at radius 1 is 1.60 bits per heavy atom. The summed E-state index contributed by atoms with van der Waals surface area (Å²) in [6.07, 6.45) is 1.69. The van der Waals surface area contributed by atoms with Crippen molar-refractivity contribution < 1.29 is 9.84 Å². The van der Waals surface area contributed by atoms with Crippen molar-refractivity contribution in [3.63, 3.8) is 0 Å². The molecule has 0 rings (SSSR count). The van der Waals surface area contributed by atoms with Crippen molar-refractivity contribution in [3.05, 3.63) is 0 Å². The lowest BCUT2D eigenvalue weighted by Crippen LogP contribution is -1.93. The first-order valence-electron chi connectivity index (χ1n) is 2.97. The van der Waals surface area contributed by atoms with E-state index in [0.29, 0.717) is 6.61 Å². The average molecular weight is 138 g/mol. The number of hydrogen-bond acceptors (Lipinski definition) is 2. The van der Waals surface area contributed by atoms with Crippen molar-refractivity contribution in [3.8, 4) is 23.9 Å². The van der Waals surface area contributed by atoms with Crippen LogP contribution in [0.15, 0.2) is 0 Å². The Labute approximate surface area is 61.2 Å². The SMILES string of the molecule is CC#CCOC#CC(C)O. The molecule has 0 aliphatic rings. The fourth-order valence-electron chi connectivity index (χ4n) is 0.271. The van der Waals surface area contributed by atoms with Crippen LogP contribution in [-0.2, 0) is 4.74 Å². The summed E-state index contributed by atoms with van der Waals surface area (Å²) in [6, 6.07) is 0. The summed E-state index contributed by atoms with van der Waals surface area (Å²) >= 11 is 0. The van der Waals surface area contributed by atoms with Gasteiger partial charge in [-0.05, 0) is 19.8 Å². The number of hydrogen-bond donors (Lipinski definition) is 1. The normalized spacial score (nSPS) is 9.90. The lowest BCUT2D eigenvalue weighted by atomic mass is 10.4. The monoisotopic (exact) mass is 138 g/mol. The summed E-state index contributed by atoms with van der Waals surface area (Å²) in [5.74, 6) is 7.74. The van der Waals surface area contributed by atoms with E-state index in [9.17, 15) is 0 Å². The number of ether oxygens (including phenoxy) is 1. The fraction of sp³-hybridized carbons (Fsp3) is 0.500. The standard InChI is InChI=1S/C8H10O2/c1-3-4-6-10-7-5-8(2)9/h8-9H,6H2,1-2H3. The Kier molecular flexibility index (Phi) is 5.33. The van der Waals surface area contributed by atoms with Gasteiger partial charge in [-0.25, -0.2) is 0 Å². The van der Waals surface area contributed by atoms with Crippen LogP contribution < -0.4 is 0 Å². The second-order valence-electron chi connectivity index (χ2n) is 1.64. The Morgan fingerprint density at radius 2 is 2.30 bits per heavy atom. The number of aliphatic hydroxyl groups is 1. The van der Waals surface area contributed by atoms with Gasteiger partial charge in [-0.3, -0.25) is 0 Å². The second kappa shape index (κ2) is 6.01. The minimum atomic E-state index is -0.630. The van der Waals surface area contributed by atoms with Crippen molar-refractivity contribution in [2.24, 2.45) is 0 Å². The average Bonchev–Trinajstić information content (AvgIpc) is 1.87. The van der Waals surface area contributed by atoms with Gasteiger partial charge < -0.3 is 9.84 Å². The molecule has 2 heteroatoms. The van der Waals surface area contributed by atoms with E-state index in [2.05, 4.69) is 23.9 Å². The van der Waals surface area contributed by atoms with Crippen LogP contribution in [-0.4, -0.2) is 17.8 Å². The summed E-state index contributed by atoms with van der Waals surface area (Å²) in [5, 5.41) is 8.62. The Morgan fingerprint density at radius 3 is 2.80 bits per heavy atom. The van der Waals surface area contributed by atoms with Gasteiger partial charge in [0, 0.05) is 0 Å². The van der Waals surface area contributed by atoms with Crippen LogP contribution >= 0.6 is 0 Å². The molecule has 54 valence electrons. The van der Waals surface area contributed by atoms with E-state index in [1.165, 1.54) is 0 Å². The summed E-state index contributed by atoms with van der Waals surface area (Å²) < 4.78 is 4.69. The van der Waals surface area contributed by atoms with E-state index in [1.54, 1.807) is 13.8 Å². The number of aliphatic hydroxyl groups excluding tert-OH is 1. The zero-order valence-electron chi connectivity index (χ0n) is 6.14. The fourth-order valence-corrected chi connectivity index (χ4v) is 0.271. The first-order valence-corrected chi connectivity index (χ1v) is 2.97. The molecular weight excluding hydrogens is 128 g/mol. The molecule has 0 aliphatic heterocycles. The van der Waals surface area contributed by atoms with E-state index in [-0.39, 0.29) is 0 Å². The van der Waals surface area contributed by atoms with E-state index >= 15 is 0 Å². The predicted molar refractivity (Wildman–Crippen MR) is 38.9 cm³/mol. The van der Waals surface area contributed by atoms with Crippen LogP contribution in [0.25, 0.3) is 0 Å². The zero-order chi connectivity index (χ0) is 7.82. The Hall–Kier alpha value is -1.12. The summed E-state index contributed by atoms with van der Waals surface area (Å²) in [4.78, 5) is 0. The third-order valence-electron chi connectivity index (χ3n) is 0.661. The smallest absolute Gasteiger partial charge is 0.160 e. The zero-order valence-corrected chi connectivity index (χ0v) is 6.14. The molecule has 1 atom stereocenters. The van der Waals surface area contributed by atoms with Crippen molar-refractivity contribution in [1.29, 1.82) is 0 Å². The molecule has 1 N–H and O–H groups in total. The van der Waals surface area contributed by atoms with Crippen LogP contribution in [0.2, 0.25) is 0 Å². The van der Waals surface area contributed by atoms with Gasteiger partial charge >= 0.3 is 0 Å². The van der Waals surface area contributed by atoms with E-state index in [1.807, 2.05) is 0 Å². The Bertz CT molecular complexity index is 185. The highest BCUT2D eigenvalue weighted by Gasteiger charge is 1.81. The molecule has 2 nitrogen and oxygen atoms in total. The van der Waals surface area contributed by atoms with Gasteiger partial charge in [0.2, 0.25) is 0 Å². The second-order valence-corrected chi connectivity index (χ2v) is 1.64. The van der Waals surface area contributed by atoms with E-state index < -0.39 is 6.10 Å². The van der Waals surface area contributed by atoms with E-state index in [4.69, 9.17) is 9.84 Å².